The summed E-state index contributed by atoms with van der Waals surface area (Å²) in [4.78, 5) is 0.868. The SMILES string of the molecule is N#Cc1sc2cc(CO)ccc2c1C1CCCC1. The van der Waals surface area contributed by atoms with Crippen molar-refractivity contribution in [1.82, 2.24) is 0 Å². The van der Waals surface area contributed by atoms with Gasteiger partial charge in [0.25, 0.3) is 0 Å². The van der Waals surface area contributed by atoms with Gasteiger partial charge in [-0.2, -0.15) is 5.26 Å². The van der Waals surface area contributed by atoms with E-state index in [0.717, 1.165) is 15.1 Å². The third-order valence-electron chi connectivity index (χ3n) is 3.84. The maximum absolute atomic E-state index is 9.32. The number of fused-ring (bicyclic) bond motifs is 1. The molecule has 92 valence electrons. The Morgan fingerprint density at radius 1 is 1.33 bits per heavy atom. The van der Waals surface area contributed by atoms with E-state index in [2.05, 4.69) is 12.1 Å². The Bertz CT molecular complexity index is 617. The molecule has 3 rings (SSSR count). The van der Waals surface area contributed by atoms with Gasteiger partial charge in [-0.3, -0.25) is 0 Å². The van der Waals surface area contributed by atoms with E-state index < -0.39 is 0 Å². The van der Waals surface area contributed by atoms with Gasteiger partial charge in [-0.1, -0.05) is 25.0 Å². The van der Waals surface area contributed by atoms with Gasteiger partial charge in [0.1, 0.15) is 10.9 Å². The van der Waals surface area contributed by atoms with Gasteiger partial charge < -0.3 is 5.11 Å². The molecular weight excluding hydrogens is 242 g/mol. The molecule has 1 fully saturated rings. The smallest absolute Gasteiger partial charge is 0.110 e. The second-order valence-electron chi connectivity index (χ2n) is 4.93. The Balaban J connectivity index is 2.19. The van der Waals surface area contributed by atoms with Gasteiger partial charge >= 0.3 is 0 Å². The van der Waals surface area contributed by atoms with Crippen LogP contribution in [0, 0.1) is 11.3 Å². The zero-order chi connectivity index (χ0) is 12.5. The zero-order valence-corrected chi connectivity index (χ0v) is 11.0. The van der Waals surface area contributed by atoms with Crippen LogP contribution in [0.2, 0.25) is 0 Å². The van der Waals surface area contributed by atoms with Crippen molar-refractivity contribution in [2.45, 2.75) is 38.2 Å². The average Bonchev–Trinajstić information content (AvgIpc) is 3.03. The Kier molecular flexibility index (Phi) is 3.07. The van der Waals surface area contributed by atoms with E-state index in [-0.39, 0.29) is 6.61 Å². The van der Waals surface area contributed by atoms with Crippen LogP contribution >= 0.6 is 11.3 Å². The van der Waals surface area contributed by atoms with Crippen molar-refractivity contribution in [1.29, 1.82) is 5.26 Å². The van der Waals surface area contributed by atoms with Crippen LogP contribution in [0.5, 0.6) is 0 Å². The van der Waals surface area contributed by atoms with Crippen molar-refractivity contribution in [2.24, 2.45) is 0 Å². The first-order valence-electron chi connectivity index (χ1n) is 6.39. The van der Waals surface area contributed by atoms with Gasteiger partial charge in [0.05, 0.1) is 6.61 Å². The third-order valence-corrected chi connectivity index (χ3v) is 4.91. The predicted molar refractivity (Wildman–Crippen MR) is 73.7 cm³/mol. The molecule has 1 aromatic heterocycles. The lowest BCUT2D eigenvalue weighted by Gasteiger charge is -2.08. The molecule has 0 saturated heterocycles. The highest BCUT2D eigenvalue weighted by molar-refractivity contribution is 7.19. The molecule has 0 amide bonds. The second kappa shape index (κ2) is 4.72. The highest BCUT2D eigenvalue weighted by Crippen LogP contribution is 2.43. The Hall–Kier alpha value is -1.37. The number of hydrogen-bond donors (Lipinski definition) is 1. The quantitative estimate of drug-likeness (QED) is 0.886. The average molecular weight is 257 g/mol. The Morgan fingerprint density at radius 2 is 2.11 bits per heavy atom. The van der Waals surface area contributed by atoms with Crippen molar-refractivity contribution >= 4 is 21.4 Å². The van der Waals surface area contributed by atoms with Crippen molar-refractivity contribution in [2.75, 3.05) is 0 Å². The molecule has 3 heteroatoms. The van der Waals surface area contributed by atoms with E-state index in [4.69, 9.17) is 0 Å². The van der Waals surface area contributed by atoms with Crippen molar-refractivity contribution in [3.63, 3.8) is 0 Å². The number of nitriles is 1. The number of rotatable bonds is 2. The van der Waals surface area contributed by atoms with Crippen molar-refractivity contribution in [3.05, 3.63) is 34.2 Å². The highest BCUT2D eigenvalue weighted by Gasteiger charge is 2.24. The van der Waals surface area contributed by atoms with Gasteiger partial charge in [-0.25, -0.2) is 0 Å². The molecule has 0 unspecified atom stereocenters. The predicted octanol–water partition coefficient (Wildman–Crippen LogP) is 3.92. The minimum atomic E-state index is 0.0640. The first-order valence-corrected chi connectivity index (χ1v) is 7.21. The summed E-state index contributed by atoms with van der Waals surface area (Å²) < 4.78 is 1.14. The summed E-state index contributed by atoms with van der Waals surface area (Å²) in [5.41, 5.74) is 2.19. The lowest BCUT2D eigenvalue weighted by Crippen LogP contribution is -1.93. The van der Waals surface area contributed by atoms with Crippen LogP contribution in [-0.4, -0.2) is 5.11 Å². The lowest BCUT2D eigenvalue weighted by atomic mass is 9.94. The topological polar surface area (TPSA) is 44.0 Å². The fraction of sp³-hybridized carbons (Fsp3) is 0.400. The van der Waals surface area contributed by atoms with E-state index in [0.29, 0.717) is 5.92 Å². The van der Waals surface area contributed by atoms with Gasteiger partial charge in [-0.05, 0) is 41.3 Å². The molecule has 1 aliphatic carbocycles. The van der Waals surface area contributed by atoms with Gasteiger partial charge in [0.2, 0.25) is 0 Å². The normalized spacial score (nSPS) is 16.2. The van der Waals surface area contributed by atoms with Crippen LogP contribution in [0.25, 0.3) is 10.1 Å². The summed E-state index contributed by atoms with van der Waals surface area (Å²) in [5, 5.41) is 19.7. The summed E-state index contributed by atoms with van der Waals surface area (Å²) in [6.07, 6.45) is 4.98. The van der Waals surface area contributed by atoms with Gasteiger partial charge in [0, 0.05) is 4.70 Å². The van der Waals surface area contributed by atoms with E-state index in [1.165, 1.54) is 36.6 Å². The zero-order valence-electron chi connectivity index (χ0n) is 10.1. The molecule has 2 nitrogen and oxygen atoms in total. The third kappa shape index (κ3) is 1.82. The van der Waals surface area contributed by atoms with E-state index in [1.54, 1.807) is 11.3 Å². The highest BCUT2D eigenvalue weighted by atomic mass is 32.1. The molecule has 0 bridgehead atoms. The van der Waals surface area contributed by atoms with Crippen LogP contribution in [-0.2, 0) is 6.61 Å². The fourth-order valence-corrected chi connectivity index (χ4v) is 4.11. The fourth-order valence-electron chi connectivity index (χ4n) is 2.96. The summed E-state index contributed by atoms with van der Waals surface area (Å²) in [6, 6.07) is 8.41. The van der Waals surface area contributed by atoms with Crippen LogP contribution in [0.3, 0.4) is 0 Å². The number of aliphatic hydroxyl groups is 1. The van der Waals surface area contributed by atoms with Gasteiger partial charge in [-0.15, -0.1) is 11.3 Å². The van der Waals surface area contributed by atoms with Crippen LogP contribution in [0.4, 0.5) is 0 Å². The van der Waals surface area contributed by atoms with Crippen LogP contribution in [0.1, 0.15) is 47.6 Å². The Morgan fingerprint density at radius 3 is 2.78 bits per heavy atom. The number of benzene rings is 1. The molecule has 0 atom stereocenters. The molecule has 1 N–H and O–H groups in total. The monoisotopic (exact) mass is 257 g/mol. The first kappa shape index (κ1) is 11.7. The van der Waals surface area contributed by atoms with Crippen molar-refractivity contribution in [3.8, 4) is 6.07 Å². The molecule has 1 heterocycles. The molecule has 0 spiro atoms. The molecule has 1 aliphatic rings. The number of thiophene rings is 1. The summed E-state index contributed by atoms with van der Waals surface area (Å²) in [7, 11) is 0. The molecule has 2 aromatic rings. The number of aliphatic hydroxyl groups excluding tert-OH is 1. The minimum absolute atomic E-state index is 0.0640. The molecule has 1 saturated carbocycles. The van der Waals surface area contributed by atoms with Gasteiger partial charge in [0.15, 0.2) is 0 Å². The summed E-state index contributed by atoms with van der Waals surface area (Å²) in [6.45, 7) is 0.0640. The van der Waals surface area contributed by atoms with Crippen LogP contribution < -0.4 is 0 Å². The van der Waals surface area contributed by atoms with E-state index >= 15 is 0 Å². The van der Waals surface area contributed by atoms with Crippen LogP contribution in [0.15, 0.2) is 18.2 Å². The largest absolute Gasteiger partial charge is 0.392 e. The van der Waals surface area contributed by atoms with Crippen molar-refractivity contribution < 1.29 is 5.11 Å². The summed E-state index contributed by atoms with van der Waals surface area (Å²) >= 11 is 1.57. The van der Waals surface area contributed by atoms with E-state index in [1.807, 2.05) is 12.1 Å². The second-order valence-corrected chi connectivity index (χ2v) is 5.98. The molecular formula is C15H15NOS. The maximum atomic E-state index is 9.32. The Labute approximate surface area is 110 Å². The van der Waals surface area contributed by atoms with E-state index in [9.17, 15) is 10.4 Å². The maximum Gasteiger partial charge on any atom is 0.110 e. The molecule has 0 radical (unpaired) electrons. The first-order chi connectivity index (χ1) is 8.83. The summed E-state index contributed by atoms with van der Waals surface area (Å²) in [5.74, 6) is 0.563. The number of nitrogens with zero attached hydrogens (tertiary/aromatic N) is 1. The molecule has 0 aliphatic heterocycles. The number of hydrogen-bond acceptors (Lipinski definition) is 3. The standard InChI is InChI=1S/C15H15NOS/c16-8-14-15(11-3-1-2-4-11)12-6-5-10(9-17)7-13(12)18-14/h5-7,11,17H,1-4,9H2. The molecule has 1 aromatic carbocycles. The lowest BCUT2D eigenvalue weighted by molar-refractivity contribution is 0.282. The minimum Gasteiger partial charge on any atom is -0.392 e. The molecule has 18 heavy (non-hydrogen) atoms.